The van der Waals surface area contributed by atoms with Gasteiger partial charge in [0, 0.05) is 6.54 Å². The fourth-order valence-corrected chi connectivity index (χ4v) is 3.86. The summed E-state index contributed by atoms with van der Waals surface area (Å²) in [4.78, 5) is 13.3. The van der Waals surface area contributed by atoms with E-state index in [-0.39, 0.29) is 12.1 Å². The van der Waals surface area contributed by atoms with Crippen molar-refractivity contribution in [3.8, 4) is 0 Å². The second kappa shape index (κ2) is 7.72. The highest BCUT2D eigenvalue weighted by Crippen LogP contribution is 2.40. The van der Waals surface area contributed by atoms with Gasteiger partial charge in [0.25, 0.3) is 0 Å². The number of benzene rings is 2. The summed E-state index contributed by atoms with van der Waals surface area (Å²) in [5.41, 5.74) is 1.20. The molecule has 1 aliphatic heterocycles. The molecule has 1 heterocycles. The van der Waals surface area contributed by atoms with Crippen LogP contribution in [0.4, 0.5) is 13.2 Å². The number of carboxylic acids is 1. The number of rotatable bonds is 4. The first-order valence-corrected chi connectivity index (χ1v) is 8.97. The summed E-state index contributed by atoms with van der Waals surface area (Å²) < 4.78 is 41.0. The fourth-order valence-electron chi connectivity index (χ4n) is 3.86. The maximum Gasteiger partial charge on any atom is 0.416 e. The Labute approximate surface area is 156 Å². The van der Waals surface area contributed by atoms with Crippen LogP contribution in [0.25, 0.3) is 0 Å². The summed E-state index contributed by atoms with van der Waals surface area (Å²) >= 11 is 0. The summed E-state index contributed by atoms with van der Waals surface area (Å²) in [6.45, 7) is 2.70. The number of aryl methyl sites for hydroxylation is 1. The predicted octanol–water partition coefficient (Wildman–Crippen LogP) is 4.90. The first-order chi connectivity index (χ1) is 12.8. The molecule has 0 bridgehead atoms. The van der Waals surface area contributed by atoms with Gasteiger partial charge in [-0.3, -0.25) is 9.69 Å². The van der Waals surface area contributed by atoms with Crippen LogP contribution in [0.3, 0.4) is 0 Å². The zero-order valence-electron chi connectivity index (χ0n) is 15.0. The van der Waals surface area contributed by atoms with Crippen molar-refractivity contribution in [2.45, 2.75) is 32.0 Å². The van der Waals surface area contributed by atoms with E-state index >= 15 is 0 Å². The van der Waals surface area contributed by atoms with Gasteiger partial charge in [-0.1, -0.05) is 48.0 Å². The Balaban J connectivity index is 2.11. The van der Waals surface area contributed by atoms with E-state index < -0.39 is 29.7 Å². The van der Waals surface area contributed by atoms with Gasteiger partial charge in [0.05, 0.1) is 17.5 Å². The van der Waals surface area contributed by atoms with Crippen LogP contribution < -0.4 is 0 Å². The molecule has 3 rings (SSSR count). The van der Waals surface area contributed by atoms with Crippen molar-refractivity contribution < 1.29 is 23.1 Å². The first kappa shape index (κ1) is 19.4. The summed E-state index contributed by atoms with van der Waals surface area (Å²) in [7, 11) is 0. The van der Waals surface area contributed by atoms with Gasteiger partial charge >= 0.3 is 12.1 Å². The Morgan fingerprint density at radius 3 is 2.59 bits per heavy atom. The lowest BCUT2D eigenvalue weighted by Crippen LogP contribution is -2.41. The van der Waals surface area contributed by atoms with E-state index in [9.17, 15) is 23.1 Å². The maximum absolute atomic E-state index is 13.7. The minimum Gasteiger partial charge on any atom is -0.481 e. The van der Waals surface area contributed by atoms with Gasteiger partial charge in [-0.15, -0.1) is 0 Å². The van der Waals surface area contributed by atoms with Gasteiger partial charge in [-0.25, -0.2) is 0 Å². The highest BCUT2D eigenvalue weighted by atomic mass is 19.4. The number of nitrogens with zero attached hydrogens (tertiary/aromatic N) is 1. The third kappa shape index (κ3) is 4.33. The molecule has 0 saturated carbocycles. The molecule has 1 saturated heterocycles. The van der Waals surface area contributed by atoms with Crippen LogP contribution in [0, 0.1) is 12.8 Å². The van der Waals surface area contributed by atoms with Gasteiger partial charge in [0.1, 0.15) is 0 Å². The average Bonchev–Trinajstić information content (AvgIpc) is 2.62. The van der Waals surface area contributed by atoms with Crippen molar-refractivity contribution in [3.05, 3.63) is 70.8 Å². The topological polar surface area (TPSA) is 40.5 Å². The van der Waals surface area contributed by atoms with Gasteiger partial charge in [0.15, 0.2) is 0 Å². The number of hydrogen-bond acceptors (Lipinski definition) is 2. The van der Waals surface area contributed by atoms with Gasteiger partial charge in [-0.05, 0) is 43.5 Å². The van der Waals surface area contributed by atoms with E-state index in [0.29, 0.717) is 19.4 Å². The van der Waals surface area contributed by atoms with E-state index in [1.165, 1.54) is 12.1 Å². The van der Waals surface area contributed by atoms with Crippen LogP contribution in [0.5, 0.6) is 0 Å². The molecule has 2 aromatic carbocycles. The number of likely N-dealkylation sites (tertiary alicyclic amines) is 1. The first-order valence-electron chi connectivity index (χ1n) is 8.97. The zero-order chi connectivity index (χ0) is 19.6. The number of carbonyl (C=O) groups is 1. The van der Waals surface area contributed by atoms with Crippen molar-refractivity contribution >= 4 is 5.97 Å². The van der Waals surface area contributed by atoms with Gasteiger partial charge in [0.2, 0.25) is 0 Å². The van der Waals surface area contributed by atoms with Crippen LogP contribution in [-0.2, 0) is 11.0 Å². The molecule has 1 aliphatic rings. The molecule has 144 valence electrons. The second-order valence-corrected chi connectivity index (χ2v) is 7.07. The predicted molar refractivity (Wildman–Crippen MR) is 96.4 cm³/mol. The van der Waals surface area contributed by atoms with E-state index in [2.05, 4.69) is 0 Å². The molecule has 0 aliphatic carbocycles. The third-order valence-corrected chi connectivity index (χ3v) is 5.09. The quantitative estimate of drug-likeness (QED) is 0.824. The Hall–Kier alpha value is -2.34. The minimum atomic E-state index is -4.47. The molecule has 6 heteroatoms. The molecular formula is C21H22F3NO2. The number of halogens is 3. The zero-order valence-corrected chi connectivity index (χ0v) is 15.0. The van der Waals surface area contributed by atoms with Crippen molar-refractivity contribution in [1.29, 1.82) is 0 Å². The van der Waals surface area contributed by atoms with Crippen molar-refractivity contribution in [3.63, 3.8) is 0 Å². The van der Waals surface area contributed by atoms with Crippen LogP contribution in [-0.4, -0.2) is 29.1 Å². The lowest BCUT2D eigenvalue weighted by molar-refractivity contribution is -0.144. The van der Waals surface area contributed by atoms with Crippen molar-refractivity contribution in [1.82, 2.24) is 4.90 Å². The van der Waals surface area contributed by atoms with Crippen LogP contribution in [0.2, 0.25) is 0 Å². The standard InChI is InChI=1S/C21H22F3NO2/c1-14-6-4-7-15(12-14)19(25-11-5-8-16(13-25)20(26)27)17-9-2-3-10-18(17)21(22,23)24/h2-4,6-7,9-10,12,16,19H,5,8,11,13H2,1H3,(H,26,27). The molecule has 2 atom stereocenters. The van der Waals surface area contributed by atoms with E-state index in [4.69, 9.17) is 0 Å². The summed E-state index contributed by atoms with van der Waals surface area (Å²) in [5.74, 6) is -1.46. The Bertz CT molecular complexity index is 819. The van der Waals surface area contributed by atoms with Crippen LogP contribution in [0.15, 0.2) is 48.5 Å². The highest BCUT2D eigenvalue weighted by Gasteiger charge is 2.38. The number of aliphatic carboxylic acids is 1. The molecule has 1 N–H and O–H groups in total. The Kier molecular flexibility index (Phi) is 5.56. The Morgan fingerprint density at radius 1 is 1.19 bits per heavy atom. The number of piperidine rings is 1. The lowest BCUT2D eigenvalue weighted by atomic mass is 9.88. The molecule has 2 aromatic rings. The summed E-state index contributed by atoms with van der Waals surface area (Å²) in [6, 6.07) is 12.4. The molecule has 0 amide bonds. The van der Waals surface area contributed by atoms with Crippen molar-refractivity contribution in [2.24, 2.45) is 5.92 Å². The average molecular weight is 377 g/mol. The van der Waals surface area contributed by atoms with Gasteiger partial charge < -0.3 is 5.11 Å². The molecule has 0 aromatic heterocycles. The van der Waals surface area contributed by atoms with Crippen LogP contribution in [0.1, 0.15) is 41.1 Å². The fraction of sp³-hybridized carbons (Fsp3) is 0.381. The van der Waals surface area contributed by atoms with E-state index in [1.54, 1.807) is 6.07 Å². The molecule has 0 radical (unpaired) electrons. The Morgan fingerprint density at radius 2 is 1.93 bits per heavy atom. The largest absolute Gasteiger partial charge is 0.481 e. The minimum absolute atomic E-state index is 0.168. The monoisotopic (exact) mass is 377 g/mol. The highest BCUT2D eigenvalue weighted by molar-refractivity contribution is 5.70. The third-order valence-electron chi connectivity index (χ3n) is 5.09. The molecule has 1 fully saturated rings. The molecular weight excluding hydrogens is 355 g/mol. The number of carboxylic acid groups (broad SMARTS) is 1. The van der Waals surface area contributed by atoms with E-state index in [0.717, 1.165) is 17.2 Å². The normalized spacial score (nSPS) is 19.6. The smallest absolute Gasteiger partial charge is 0.416 e. The SMILES string of the molecule is Cc1cccc(C(c2ccccc2C(F)(F)F)N2CCCC(C(=O)O)C2)c1. The molecule has 27 heavy (non-hydrogen) atoms. The van der Waals surface area contributed by atoms with Gasteiger partial charge in [-0.2, -0.15) is 13.2 Å². The number of alkyl halides is 3. The molecule has 3 nitrogen and oxygen atoms in total. The second-order valence-electron chi connectivity index (χ2n) is 7.07. The summed E-state index contributed by atoms with van der Waals surface area (Å²) in [6.07, 6.45) is -3.28. The molecule has 0 spiro atoms. The van der Waals surface area contributed by atoms with Crippen LogP contribution >= 0.6 is 0 Å². The maximum atomic E-state index is 13.7. The van der Waals surface area contributed by atoms with Crippen molar-refractivity contribution in [2.75, 3.05) is 13.1 Å². The molecule has 2 unspecified atom stereocenters. The lowest BCUT2D eigenvalue weighted by Gasteiger charge is -2.38. The number of hydrogen-bond donors (Lipinski definition) is 1. The summed E-state index contributed by atoms with van der Waals surface area (Å²) in [5, 5.41) is 9.40. The van der Waals surface area contributed by atoms with E-state index in [1.807, 2.05) is 36.1 Å².